The molecule has 0 saturated carbocycles. The number of nitrogens with zero attached hydrogens (tertiary/aromatic N) is 2. The number of thioether (sulfide) groups is 1. The van der Waals surface area contributed by atoms with Crippen LogP contribution in [0.25, 0.3) is 0 Å². The number of hydrogen-bond donors (Lipinski definition) is 4. The van der Waals surface area contributed by atoms with Crippen LogP contribution in [-0.2, 0) is 29.1 Å². The number of ether oxygens (including phenoxy) is 1. The SMILES string of the molecule is CC1(C)S[C@@H]2[C@H](NC(=O)C(N)c3ccc(O)cc3)C(=O)N2[C@H]1C(=O)O.CCCN(CCC)S(=O)(=O)c1ccc(C(=O)OC)cc1. The monoisotopic (exact) mass is 664 g/mol. The molecule has 2 fully saturated rings. The number of methoxy groups -OCH3 is 1. The van der Waals surface area contributed by atoms with E-state index in [0.29, 0.717) is 24.2 Å². The minimum atomic E-state index is -3.49. The Hall–Kier alpha value is -3.66. The van der Waals surface area contributed by atoms with Crippen molar-refractivity contribution in [2.45, 2.75) is 73.7 Å². The molecule has 2 aliphatic heterocycles. The van der Waals surface area contributed by atoms with Gasteiger partial charge in [-0.05, 0) is 68.7 Å². The summed E-state index contributed by atoms with van der Waals surface area (Å²) in [5, 5.41) is 20.9. The number of fused-ring (bicyclic) bond motifs is 1. The molecule has 13 nitrogen and oxygen atoms in total. The molecular weight excluding hydrogens is 624 g/mol. The first-order valence-corrected chi connectivity index (χ1v) is 16.7. The summed E-state index contributed by atoms with van der Waals surface area (Å²) < 4.78 is 30.4. The largest absolute Gasteiger partial charge is 0.508 e. The second kappa shape index (κ2) is 14.6. The van der Waals surface area contributed by atoms with Gasteiger partial charge in [-0.25, -0.2) is 18.0 Å². The molecule has 246 valence electrons. The minimum absolute atomic E-state index is 0.0606. The molecule has 2 aromatic carbocycles. The van der Waals surface area contributed by atoms with Crippen molar-refractivity contribution in [2.24, 2.45) is 5.73 Å². The zero-order chi connectivity index (χ0) is 33.7. The number of carbonyl (C=O) groups is 4. The van der Waals surface area contributed by atoms with Crippen molar-refractivity contribution in [3.63, 3.8) is 0 Å². The number of β-lactam (4-membered cyclic amide) rings is 1. The Bertz CT molecular complexity index is 1490. The number of esters is 1. The minimum Gasteiger partial charge on any atom is -0.508 e. The molecule has 2 aromatic rings. The van der Waals surface area contributed by atoms with Gasteiger partial charge < -0.3 is 30.9 Å². The number of rotatable bonds is 11. The van der Waals surface area contributed by atoms with Crippen LogP contribution in [0.4, 0.5) is 0 Å². The predicted molar refractivity (Wildman–Crippen MR) is 168 cm³/mol. The number of nitrogens with one attached hydrogen (secondary N) is 1. The van der Waals surface area contributed by atoms with Crippen LogP contribution in [0.5, 0.6) is 5.75 Å². The number of aromatic hydroxyl groups is 1. The number of phenols is 1. The summed E-state index contributed by atoms with van der Waals surface area (Å²) >= 11 is 1.35. The van der Waals surface area contributed by atoms with Crippen molar-refractivity contribution in [1.82, 2.24) is 14.5 Å². The summed E-state index contributed by atoms with van der Waals surface area (Å²) in [4.78, 5) is 49.0. The number of benzene rings is 2. The molecular formula is C30H40N4O9S2. The Morgan fingerprint density at radius 3 is 2.11 bits per heavy atom. The first kappa shape index (κ1) is 35.8. The summed E-state index contributed by atoms with van der Waals surface area (Å²) in [5.41, 5.74) is 6.75. The third-order valence-electron chi connectivity index (χ3n) is 7.37. The van der Waals surface area contributed by atoms with Crippen LogP contribution in [0, 0.1) is 0 Å². The van der Waals surface area contributed by atoms with E-state index >= 15 is 0 Å². The van der Waals surface area contributed by atoms with Crippen LogP contribution in [0.2, 0.25) is 0 Å². The highest BCUT2D eigenvalue weighted by molar-refractivity contribution is 8.01. The van der Waals surface area contributed by atoms with Crippen LogP contribution in [0.3, 0.4) is 0 Å². The average Bonchev–Trinajstić information content (AvgIpc) is 3.27. The molecule has 5 N–H and O–H groups in total. The molecule has 15 heteroatoms. The van der Waals surface area contributed by atoms with Crippen LogP contribution in [0.15, 0.2) is 53.4 Å². The molecule has 0 aromatic heterocycles. The maximum Gasteiger partial charge on any atom is 0.337 e. The van der Waals surface area contributed by atoms with Gasteiger partial charge in [0, 0.05) is 17.8 Å². The Morgan fingerprint density at radius 2 is 1.62 bits per heavy atom. The van der Waals surface area contributed by atoms with Gasteiger partial charge in [0.2, 0.25) is 21.8 Å². The van der Waals surface area contributed by atoms with Gasteiger partial charge in [0.1, 0.15) is 29.2 Å². The molecule has 4 rings (SSSR count). The van der Waals surface area contributed by atoms with E-state index in [1.54, 1.807) is 13.8 Å². The van der Waals surface area contributed by atoms with Gasteiger partial charge in [-0.2, -0.15) is 4.31 Å². The second-order valence-electron chi connectivity index (χ2n) is 11.1. The lowest BCUT2D eigenvalue weighted by Gasteiger charge is -2.43. The molecule has 4 atom stereocenters. The van der Waals surface area contributed by atoms with Gasteiger partial charge in [-0.3, -0.25) is 9.59 Å². The number of carbonyl (C=O) groups excluding carboxylic acids is 3. The van der Waals surface area contributed by atoms with Crippen molar-refractivity contribution in [3.05, 3.63) is 59.7 Å². The van der Waals surface area contributed by atoms with Crippen molar-refractivity contribution >= 4 is 45.5 Å². The smallest absolute Gasteiger partial charge is 0.337 e. The summed E-state index contributed by atoms with van der Waals surface area (Å²) in [6.45, 7) is 8.41. The predicted octanol–water partition coefficient (Wildman–Crippen LogP) is 2.31. The first-order chi connectivity index (χ1) is 21.1. The van der Waals surface area contributed by atoms with E-state index in [2.05, 4.69) is 10.1 Å². The lowest BCUT2D eigenvalue weighted by Crippen LogP contribution is -2.71. The number of phenolic OH excluding ortho intramolecular Hbond substituents is 1. The van der Waals surface area contributed by atoms with Crippen LogP contribution < -0.4 is 11.1 Å². The molecule has 2 saturated heterocycles. The van der Waals surface area contributed by atoms with E-state index < -0.39 is 62.0 Å². The van der Waals surface area contributed by atoms with Crippen molar-refractivity contribution in [1.29, 1.82) is 0 Å². The van der Waals surface area contributed by atoms with Crippen molar-refractivity contribution in [2.75, 3.05) is 20.2 Å². The van der Waals surface area contributed by atoms with Gasteiger partial charge in [0.15, 0.2) is 0 Å². The zero-order valence-corrected chi connectivity index (χ0v) is 27.4. The fraction of sp³-hybridized carbons (Fsp3) is 0.467. The summed E-state index contributed by atoms with van der Waals surface area (Å²) in [7, 11) is -2.20. The van der Waals surface area contributed by atoms with E-state index in [1.807, 2.05) is 13.8 Å². The molecule has 0 radical (unpaired) electrons. The van der Waals surface area contributed by atoms with E-state index in [1.165, 1.54) is 76.6 Å². The summed E-state index contributed by atoms with van der Waals surface area (Å²) in [6.07, 6.45) is 1.53. The van der Waals surface area contributed by atoms with E-state index in [-0.39, 0.29) is 10.6 Å². The van der Waals surface area contributed by atoms with E-state index in [9.17, 15) is 37.8 Å². The molecule has 0 spiro atoms. The Balaban J connectivity index is 0.000000253. The Labute approximate surface area is 267 Å². The molecule has 2 heterocycles. The highest BCUT2D eigenvalue weighted by atomic mass is 32.2. The van der Waals surface area contributed by atoms with Gasteiger partial charge in [-0.15, -0.1) is 11.8 Å². The fourth-order valence-electron chi connectivity index (χ4n) is 5.10. The van der Waals surface area contributed by atoms with E-state index in [0.717, 1.165) is 12.8 Å². The lowest BCUT2D eigenvalue weighted by molar-refractivity contribution is -0.161. The van der Waals surface area contributed by atoms with E-state index in [4.69, 9.17) is 5.73 Å². The number of aliphatic carboxylic acids is 1. The number of hydrogen-bond acceptors (Lipinski definition) is 10. The van der Waals surface area contributed by atoms with Gasteiger partial charge in [0.05, 0.1) is 17.6 Å². The number of sulfonamides is 1. The third kappa shape index (κ3) is 7.77. The number of carboxylic acids is 1. The topological polar surface area (TPSA) is 197 Å². The maximum absolute atomic E-state index is 12.5. The standard InChI is InChI=1S/C16H19N3O5S.C14H21NO4S/c1-16(2)11(15(23)24)19-13(22)10(14(19)25-16)18-12(21)9(17)7-3-5-8(20)6-4-7;1-4-10-15(11-5-2)20(17,18)13-8-6-12(7-9-13)14(16)19-3/h3-6,9-11,14,20H,17H2,1-2H3,(H,18,21)(H,23,24);6-9H,4-5,10-11H2,1-3H3/t9?,10-,11+,14-;/m1./s1. The molecule has 0 aliphatic carbocycles. The normalized spacial score (nSPS) is 20.7. The third-order valence-corrected chi connectivity index (χ3v) is 10.9. The zero-order valence-electron chi connectivity index (χ0n) is 25.8. The Morgan fingerprint density at radius 1 is 1.07 bits per heavy atom. The molecule has 2 amide bonds. The maximum atomic E-state index is 12.5. The van der Waals surface area contributed by atoms with Crippen molar-refractivity contribution < 1.29 is 42.5 Å². The Kier molecular flexibility index (Phi) is 11.6. The quantitative estimate of drug-likeness (QED) is 0.203. The number of amides is 2. The molecule has 0 bridgehead atoms. The van der Waals surface area contributed by atoms with Crippen LogP contribution in [-0.4, -0.2) is 94.0 Å². The first-order valence-electron chi connectivity index (χ1n) is 14.4. The molecule has 45 heavy (non-hydrogen) atoms. The summed E-state index contributed by atoms with van der Waals surface area (Å²) in [6, 6.07) is 9.03. The molecule has 1 unspecified atom stereocenters. The molecule has 2 aliphatic rings. The summed E-state index contributed by atoms with van der Waals surface area (Å²) in [5.74, 6) is -2.42. The highest BCUT2D eigenvalue weighted by Gasteiger charge is 2.64. The van der Waals surface area contributed by atoms with Crippen LogP contribution >= 0.6 is 11.8 Å². The van der Waals surface area contributed by atoms with Gasteiger partial charge >= 0.3 is 11.9 Å². The van der Waals surface area contributed by atoms with Crippen molar-refractivity contribution in [3.8, 4) is 5.75 Å². The number of carboxylic acid groups (broad SMARTS) is 1. The van der Waals surface area contributed by atoms with Gasteiger partial charge in [0.25, 0.3) is 0 Å². The van der Waals surface area contributed by atoms with Gasteiger partial charge in [-0.1, -0.05) is 26.0 Å². The van der Waals surface area contributed by atoms with Crippen LogP contribution in [0.1, 0.15) is 62.5 Å². The fourth-order valence-corrected chi connectivity index (χ4v) is 8.35. The lowest BCUT2D eigenvalue weighted by atomic mass is 9.95. The number of nitrogens with two attached hydrogens (primary N) is 1. The highest BCUT2D eigenvalue weighted by Crippen LogP contribution is 2.50. The average molecular weight is 665 g/mol. The second-order valence-corrected chi connectivity index (χ2v) is 14.8.